The zero-order valence-electron chi connectivity index (χ0n) is 13.7. The predicted octanol–water partition coefficient (Wildman–Crippen LogP) is 4.38. The van der Waals surface area contributed by atoms with Crippen molar-refractivity contribution in [2.75, 3.05) is 19.4 Å². The highest BCUT2D eigenvalue weighted by molar-refractivity contribution is 7.88. The Balaban J connectivity index is 1.76. The van der Waals surface area contributed by atoms with Gasteiger partial charge in [0.05, 0.1) is 16.3 Å². The Morgan fingerprint density at radius 1 is 1.12 bits per heavy atom. The Kier molecular flexibility index (Phi) is 6.01. The Labute approximate surface area is 167 Å². The Morgan fingerprint density at radius 3 is 2.42 bits per heavy atom. The molecule has 0 amide bonds. The molecule has 1 heterocycles. The van der Waals surface area contributed by atoms with E-state index in [-0.39, 0.29) is 13.2 Å². The lowest BCUT2D eigenvalue weighted by Crippen LogP contribution is -2.31. The molecule has 0 aliphatic carbocycles. The molecule has 1 fully saturated rings. The van der Waals surface area contributed by atoms with Crippen LogP contribution in [0.25, 0.3) is 0 Å². The molecule has 0 radical (unpaired) electrons. The van der Waals surface area contributed by atoms with Crippen LogP contribution in [-0.2, 0) is 14.8 Å². The normalized spacial score (nSPS) is 21.1. The number of nitrogens with zero attached hydrogens (tertiary/aromatic N) is 1. The number of benzene rings is 2. The minimum atomic E-state index is -3.49. The van der Waals surface area contributed by atoms with Gasteiger partial charge in [-0.05, 0) is 42.0 Å². The van der Waals surface area contributed by atoms with Crippen LogP contribution in [-0.4, -0.2) is 38.2 Å². The molecule has 26 heavy (non-hydrogen) atoms. The second kappa shape index (κ2) is 7.92. The molecule has 1 saturated heterocycles. The lowest BCUT2D eigenvalue weighted by molar-refractivity contribution is 0.00132. The fourth-order valence-corrected chi connectivity index (χ4v) is 4.01. The molecule has 5 nitrogen and oxygen atoms in total. The third-order valence-electron chi connectivity index (χ3n) is 3.87. The lowest BCUT2D eigenvalue weighted by Gasteiger charge is -2.21. The van der Waals surface area contributed by atoms with Crippen molar-refractivity contribution in [3.8, 4) is 5.75 Å². The number of rotatable bonds is 5. The summed E-state index contributed by atoms with van der Waals surface area (Å²) in [5.41, 5.74) is 0.610. The zero-order valence-corrected chi connectivity index (χ0v) is 16.8. The molecule has 0 aromatic heterocycles. The summed E-state index contributed by atoms with van der Waals surface area (Å²) < 4.78 is 37.2. The van der Waals surface area contributed by atoms with Crippen molar-refractivity contribution in [1.82, 2.24) is 4.31 Å². The highest BCUT2D eigenvalue weighted by Gasteiger charge is 2.39. The van der Waals surface area contributed by atoms with E-state index in [0.29, 0.717) is 26.4 Å². The Hall–Kier alpha value is -1.02. The average molecular weight is 437 g/mol. The molecule has 0 saturated carbocycles. The van der Waals surface area contributed by atoms with Gasteiger partial charge < -0.3 is 9.47 Å². The molecular formula is C17H16Cl3NO4S. The summed E-state index contributed by atoms with van der Waals surface area (Å²) in [6.45, 7) is 0.378. The highest BCUT2D eigenvalue weighted by Crippen LogP contribution is 2.35. The number of ether oxygens (including phenoxy) is 2. The molecule has 3 rings (SSSR count). The summed E-state index contributed by atoms with van der Waals surface area (Å²) in [4.78, 5) is 0. The predicted molar refractivity (Wildman–Crippen MR) is 103 cm³/mol. The first-order chi connectivity index (χ1) is 12.2. The van der Waals surface area contributed by atoms with Gasteiger partial charge in [-0.3, -0.25) is 0 Å². The second-order valence-electron chi connectivity index (χ2n) is 5.88. The van der Waals surface area contributed by atoms with Crippen molar-refractivity contribution in [1.29, 1.82) is 0 Å². The third kappa shape index (κ3) is 4.63. The van der Waals surface area contributed by atoms with Gasteiger partial charge >= 0.3 is 0 Å². The molecule has 140 valence electrons. The maximum atomic E-state index is 12.2. The van der Waals surface area contributed by atoms with Crippen molar-refractivity contribution in [3.63, 3.8) is 0 Å². The van der Waals surface area contributed by atoms with Crippen molar-refractivity contribution in [3.05, 3.63) is 63.1 Å². The number of hydrogen-bond donors (Lipinski definition) is 0. The van der Waals surface area contributed by atoms with Crippen LogP contribution in [0.5, 0.6) is 5.75 Å². The van der Waals surface area contributed by atoms with Crippen LogP contribution in [0.3, 0.4) is 0 Å². The highest BCUT2D eigenvalue weighted by atomic mass is 35.5. The first-order valence-corrected chi connectivity index (χ1v) is 10.7. The van der Waals surface area contributed by atoms with Gasteiger partial charge in [-0.25, -0.2) is 8.42 Å². The lowest BCUT2D eigenvalue weighted by atomic mass is 10.2. The van der Waals surface area contributed by atoms with Crippen LogP contribution in [0.1, 0.15) is 11.8 Å². The monoisotopic (exact) mass is 435 g/mol. The van der Waals surface area contributed by atoms with Crippen LogP contribution < -0.4 is 4.74 Å². The molecule has 0 N–H and O–H groups in total. The molecular weight excluding hydrogens is 421 g/mol. The van der Waals surface area contributed by atoms with Crippen LogP contribution in [0.2, 0.25) is 15.1 Å². The van der Waals surface area contributed by atoms with Crippen molar-refractivity contribution >= 4 is 44.8 Å². The Morgan fingerprint density at radius 2 is 1.81 bits per heavy atom. The quantitative estimate of drug-likeness (QED) is 0.698. The smallest absolute Gasteiger partial charge is 0.213 e. The minimum absolute atomic E-state index is 0.178. The summed E-state index contributed by atoms with van der Waals surface area (Å²) in [5, 5.41) is 1.33. The summed E-state index contributed by atoms with van der Waals surface area (Å²) in [6.07, 6.45) is -0.0676. The summed E-state index contributed by atoms with van der Waals surface area (Å²) in [5.74, 6) is 0.627. The van der Waals surface area contributed by atoms with Crippen molar-refractivity contribution in [2.24, 2.45) is 0 Å². The van der Waals surface area contributed by atoms with Crippen molar-refractivity contribution in [2.45, 2.75) is 12.3 Å². The van der Waals surface area contributed by atoms with Gasteiger partial charge in [0.25, 0.3) is 0 Å². The first-order valence-electron chi connectivity index (χ1n) is 7.69. The van der Waals surface area contributed by atoms with E-state index < -0.39 is 22.4 Å². The van der Waals surface area contributed by atoms with E-state index in [1.165, 1.54) is 4.31 Å². The van der Waals surface area contributed by atoms with Crippen molar-refractivity contribution < 1.29 is 17.9 Å². The summed E-state index contributed by atoms with van der Waals surface area (Å²) in [7, 11) is -3.49. The number of halogens is 3. The van der Waals surface area contributed by atoms with E-state index in [0.717, 1.165) is 6.26 Å². The molecule has 0 bridgehead atoms. The molecule has 1 aliphatic rings. The molecule has 2 atom stereocenters. The zero-order chi connectivity index (χ0) is 18.9. The fourth-order valence-electron chi connectivity index (χ4n) is 2.62. The van der Waals surface area contributed by atoms with E-state index in [2.05, 4.69) is 0 Å². The standard InChI is InChI=1S/C17H16Cl3NO4S/c1-26(22,23)21-9-14(10-24-13-5-3-12(18)4-6-13)25-17(21)11-2-7-15(19)16(20)8-11/h2-8,14,17H,9-10H2,1H3/t14-,17-/m1/s1. The van der Waals surface area contributed by atoms with Crippen LogP contribution in [0, 0.1) is 0 Å². The maximum Gasteiger partial charge on any atom is 0.213 e. The van der Waals surface area contributed by atoms with Crippen LogP contribution in [0.4, 0.5) is 0 Å². The van der Waals surface area contributed by atoms with Gasteiger partial charge in [0.15, 0.2) is 0 Å². The Bertz CT molecular complexity index is 889. The number of sulfonamides is 1. The third-order valence-corrected chi connectivity index (χ3v) is 6.05. The van der Waals surface area contributed by atoms with E-state index in [4.69, 9.17) is 44.3 Å². The van der Waals surface area contributed by atoms with E-state index >= 15 is 0 Å². The van der Waals surface area contributed by atoms with Gasteiger partial charge in [-0.2, -0.15) is 4.31 Å². The molecule has 0 unspecified atom stereocenters. The maximum absolute atomic E-state index is 12.2. The summed E-state index contributed by atoms with van der Waals surface area (Å²) in [6, 6.07) is 11.8. The SMILES string of the molecule is CS(=O)(=O)N1C[C@H](COc2ccc(Cl)cc2)O[C@@H]1c1ccc(Cl)c(Cl)c1. The molecule has 1 aliphatic heterocycles. The molecule has 2 aromatic carbocycles. The second-order valence-corrected chi connectivity index (χ2v) is 9.07. The average Bonchev–Trinajstić information content (AvgIpc) is 3.01. The van der Waals surface area contributed by atoms with Gasteiger partial charge in [0.2, 0.25) is 10.0 Å². The minimum Gasteiger partial charge on any atom is -0.491 e. The van der Waals surface area contributed by atoms with Gasteiger partial charge in [0.1, 0.15) is 24.7 Å². The molecule has 2 aromatic rings. The summed E-state index contributed by atoms with van der Waals surface area (Å²) >= 11 is 17.8. The number of hydrogen-bond acceptors (Lipinski definition) is 4. The largest absolute Gasteiger partial charge is 0.491 e. The van der Waals surface area contributed by atoms with E-state index in [1.807, 2.05) is 0 Å². The van der Waals surface area contributed by atoms with Crippen LogP contribution >= 0.6 is 34.8 Å². The van der Waals surface area contributed by atoms with Gasteiger partial charge in [-0.1, -0.05) is 40.9 Å². The molecule has 9 heteroatoms. The first kappa shape index (κ1) is 19.7. The van der Waals surface area contributed by atoms with E-state index in [9.17, 15) is 8.42 Å². The fraction of sp³-hybridized carbons (Fsp3) is 0.294. The molecule has 0 spiro atoms. The van der Waals surface area contributed by atoms with Crippen LogP contribution in [0.15, 0.2) is 42.5 Å². The van der Waals surface area contributed by atoms with Gasteiger partial charge in [-0.15, -0.1) is 0 Å². The van der Waals surface area contributed by atoms with Gasteiger partial charge in [0, 0.05) is 11.6 Å². The topological polar surface area (TPSA) is 55.8 Å². The van der Waals surface area contributed by atoms with E-state index in [1.54, 1.807) is 42.5 Å².